The van der Waals surface area contributed by atoms with Crippen molar-refractivity contribution in [2.75, 3.05) is 11.6 Å². The van der Waals surface area contributed by atoms with E-state index in [1.54, 1.807) is 24.5 Å². The van der Waals surface area contributed by atoms with Crippen molar-refractivity contribution >= 4 is 26.8 Å². The summed E-state index contributed by atoms with van der Waals surface area (Å²) in [5.74, 6) is 0.860. The van der Waals surface area contributed by atoms with E-state index in [-0.39, 0.29) is 10.5 Å². The minimum atomic E-state index is -3.34. The molecule has 39 heavy (non-hydrogen) atoms. The lowest BCUT2D eigenvalue weighted by Crippen LogP contribution is -2.15. The molecule has 0 bridgehead atoms. The average Bonchev–Trinajstić information content (AvgIpc) is 3.49. The lowest BCUT2D eigenvalue weighted by molar-refractivity contribution is 0.194. The summed E-state index contributed by atoms with van der Waals surface area (Å²) in [6, 6.07) is 18.7. The molecule has 3 heterocycles. The lowest BCUT2D eigenvalue weighted by atomic mass is 10.1. The number of benzene rings is 2. The van der Waals surface area contributed by atoms with Crippen molar-refractivity contribution in [3.8, 4) is 28.4 Å². The van der Waals surface area contributed by atoms with Gasteiger partial charge in [-0.05, 0) is 49.6 Å². The third kappa shape index (κ3) is 5.46. The third-order valence-electron chi connectivity index (χ3n) is 6.77. The van der Waals surface area contributed by atoms with E-state index in [1.165, 1.54) is 6.26 Å². The fourth-order valence-electron chi connectivity index (χ4n) is 4.23. The molecule has 0 aliphatic heterocycles. The van der Waals surface area contributed by atoms with E-state index in [1.807, 2.05) is 48.1 Å². The summed E-state index contributed by atoms with van der Waals surface area (Å²) in [5, 5.41) is 3.32. The highest BCUT2D eigenvalue weighted by molar-refractivity contribution is 7.90. The average molecular weight is 541 g/mol. The summed E-state index contributed by atoms with van der Waals surface area (Å²) in [6.45, 7) is 2.59. The second-order valence-electron chi connectivity index (χ2n) is 10.2. The van der Waals surface area contributed by atoms with Gasteiger partial charge in [-0.3, -0.25) is 0 Å². The van der Waals surface area contributed by atoms with E-state index < -0.39 is 9.84 Å². The van der Waals surface area contributed by atoms with Gasteiger partial charge in [-0.25, -0.2) is 23.4 Å². The normalized spacial score (nSPS) is 14.3. The Morgan fingerprint density at radius 1 is 0.974 bits per heavy atom. The maximum absolute atomic E-state index is 12.1. The van der Waals surface area contributed by atoms with Crippen molar-refractivity contribution in [2.24, 2.45) is 7.05 Å². The van der Waals surface area contributed by atoms with Crippen LogP contribution in [0.15, 0.2) is 78.1 Å². The van der Waals surface area contributed by atoms with E-state index in [0.29, 0.717) is 40.7 Å². The van der Waals surface area contributed by atoms with Crippen molar-refractivity contribution in [3.05, 3.63) is 78.8 Å². The first-order valence-electron chi connectivity index (χ1n) is 12.6. The molecular formula is C29H28N6O3S. The minimum Gasteiger partial charge on any atom is -0.470 e. The number of ether oxygens (including phenoxy) is 1. The van der Waals surface area contributed by atoms with Crippen LogP contribution in [0.25, 0.3) is 33.5 Å². The first-order valence-corrected chi connectivity index (χ1v) is 14.5. The molecule has 0 saturated heterocycles. The number of anilines is 1. The lowest BCUT2D eigenvalue weighted by Gasteiger charge is -2.15. The zero-order chi connectivity index (χ0) is 27.2. The van der Waals surface area contributed by atoms with Gasteiger partial charge in [-0.15, -0.1) is 0 Å². The molecule has 198 valence electrons. The maximum atomic E-state index is 12.1. The van der Waals surface area contributed by atoms with Crippen LogP contribution in [-0.4, -0.2) is 44.8 Å². The van der Waals surface area contributed by atoms with Crippen LogP contribution < -0.4 is 10.1 Å². The summed E-state index contributed by atoms with van der Waals surface area (Å²) in [6.07, 6.45) is 6.85. The molecule has 0 unspecified atom stereocenters. The molecule has 0 atom stereocenters. The number of hydrogen-bond donors (Lipinski definition) is 1. The van der Waals surface area contributed by atoms with Crippen LogP contribution in [0.5, 0.6) is 5.88 Å². The fourth-order valence-corrected chi connectivity index (χ4v) is 4.90. The molecule has 6 rings (SSSR count). The largest absolute Gasteiger partial charge is 0.470 e. The van der Waals surface area contributed by atoms with Gasteiger partial charge >= 0.3 is 0 Å². The summed E-state index contributed by atoms with van der Waals surface area (Å²) in [5.41, 5.74) is 5.29. The zero-order valence-corrected chi connectivity index (χ0v) is 22.7. The standard InChI is InChI=1S/C29H28N6O3S/c1-29(13-14-29)38-27-26-24(12-11-23(32-26)21-5-4-6-22(15-21)39(3,36)37)33-28(34-27)30-16-19-7-9-20(10-8-19)25-17-35(2)18-31-25/h4-12,15,17-18H,13-14,16H2,1-3H3,(H,30,33,34). The smallest absolute Gasteiger partial charge is 0.246 e. The summed E-state index contributed by atoms with van der Waals surface area (Å²) in [7, 11) is -1.39. The SMILES string of the molecule is Cn1cnc(-c2ccc(CNc3nc(OC4(C)CC4)c4nc(-c5cccc(S(C)(=O)=O)c5)ccc4n3)cc2)c1. The summed E-state index contributed by atoms with van der Waals surface area (Å²) >= 11 is 0. The quantitative estimate of drug-likeness (QED) is 0.291. The number of aromatic nitrogens is 5. The van der Waals surface area contributed by atoms with Crippen molar-refractivity contribution in [3.63, 3.8) is 0 Å². The van der Waals surface area contributed by atoms with E-state index in [2.05, 4.69) is 39.3 Å². The van der Waals surface area contributed by atoms with Crippen molar-refractivity contribution < 1.29 is 13.2 Å². The molecule has 3 aromatic heterocycles. The van der Waals surface area contributed by atoms with E-state index in [4.69, 9.17) is 9.72 Å². The number of sulfone groups is 1. The van der Waals surface area contributed by atoms with Crippen LogP contribution in [0.3, 0.4) is 0 Å². The first kappa shape index (κ1) is 25.0. The highest BCUT2D eigenvalue weighted by atomic mass is 32.2. The number of imidazole rings is 1. The number of nitrogens with zero attached hydrogens (tertiary/aromatic N) is 5. The maximum Gasteiger partial charge on any atom is 0.246 e. The van der Waals surface area contributed by atoms with Crippen LogP contribution in [0.2, 0.25) is 0 Å². The number of nitrogens with one attached hydrogen (secondary N) is 1. The molecule has 0 spiro atoms. The van der Waals surface area contributed by atoms with Crippen LogP contribution in [-0.2, 0) is 23.4 Å². The van der Waals surface area contributed by atoms with E-state index in [9.17, 15) is 8.42 Å². The highest BCUT2D eigenvalue weighted by Crippen LogP contribution is 2.41. The number of aryl methyl sites for hydroxylation is 1. The number of pyridine rings is 1. The first-order chi connectivity index (χ1) is 18.6. The van der Waals surface area contributed by atoms with Crippen LogP contribution >= 0.6 is 0 Å². The van der Waals surface area contributed by atoms with Gasteiger partial charge in [0, 0.05) is 37.2 Å². The molecule has 9 nitrogen and oxygen atoms in total. The van der Waals surface area contributed by atoms with Gasteiger partial charge in [-0.1, -0.05) is 36.4 Å². The number of rotatable bonds is 8. The highest BCUT2D eigenvalue weighted by Gasteiger charge is 2.41. The monoisotopic (exact) mass is 540 g/mol. The molecule has 1 saturated carbocycles. The van der Waals surface area contributed by atoms with E-state index in [0.717, 1.165) is 29.7 Å². The second-order valence-corrected chi connectivity index (χ2v) is 12.3. The van der Waals surface area contributed by atoms with Gasteiger partial charge in [0.1, 0.15) is 5.60 Å². The Labute approximate surface area is 226 Å². The molecule has 1 aliphatic rings. The van der Waals surface area contributed by atoms with Gasteiger partial charge in [0.2, 0.25) is 11.8 Å². The molecule has 0 radical (unpaired) electrons. The second kappa shape index (κ2) is 9.46. The topological polar surface area (TPSA) is 112 Å². The van der Waals surface area contributed by atoms with Crippen LogP contribution in [0, 0.1) is 0 Å². The molecule has 2 aromatic carbocycles. The fraction of sp³-hybridized carbons (Fsp3) is 0.241. The van der Waals surface area contributed by atoms with Gasteiger partial charge in [0.05, 0.1) is 28.1 Å². The van der Waals surface area contributed by atoms with Gasteiger partial charge in [0.25, 0.3) is 0 Å². The Kier molecular flexibility index (Phi) is 6.06. The molecule has 1 fully saturated rings. The molecule has 10 heteroatoms. The third-order valence-corrected chi connectivity index (χ3v) is 7.88. The van der Waals surface area contributed by atoms with Gasteiger partial charge < -0.3 is 14.6 Å². The molecular weight excluding hydrogens is 512 g/mol. The van der Waals surface area contributed by atoms with E-state index >= 15 is 0 Å². The zero-order valence-electron chi connectivity index (χ0n) is 21.9. The van der Waals surface area contributed by atoms with Crippen molar-refractivity contribution in [1.29, 1.82) is 0 Å². The molecule has 5 aromatic rings. The van der Waals surface area contributed by atoms with Crippen LogP contribution in [0.4, 0.5) is 5.95 Å². The Morgan fingerprint density at radius 2 is 1.77 bits per heavy atom. The van der Waals surface area contributed by atoms with Gasteiger partial charge in [0.15, 0.2) is 15.4 Å². The number of fused-ring (bicyclic) bond motifs is 1. The predicted octanol–water partition coefficient (Wildman–Crippen LogP) is 5.04. The Balaban J connectivity index is 1.29. The minimum absolute atomic E-state index is 0.243. The van der Waals surface area contributed by atoms with Crippen molar-refractivity contribution in [2.45, 2.75) is 36.8 Å². The predicted molar refractivity (Wildman–Crippen MR) is 150 cm³/mol. The number of hydrogen-bond acceptors (Lipinski definition) is 8. The summed E-state index contributed by atoms with van der Waals surface area (Å²) < 4.78 is 32.3. The molecule has 0 amide bonds. The molecule has 1 aliphatic carbocycles. The molecule has 1 N–H and O–H groups in total. The summed E-state index contributed by atoms with van der Waals surface area (Å²) in [4.78, 5) is 18.8. The van der Waals surface area contributed by atoms with Crippen molar-refractivity contribution in [1.82, 2.24) is 24.5 Å². The Bertz CT molecular complexity index is 1790. The Morgan fingerprint density at radius 3 is 2.46 bits per heavy atom. The van der Waals surface area contributed by atoms with Gasteiger partial charge in [-0.2, -0.15) is 4.98 Å². The van der Waals surface area contributed by atoms with Crippen LogP contribution in [0.1, 0.15) is 25.3 Å². The Hall–Kier alpha value is -4.31.